The molecule has 0 saturated carbocycles. The minimum atomic E-state index is -0.153. The van der Waals surface area contributed by atoms with Gasteiger partial charge in [0, 0.05) is 19.6 Å². The molecule has 1 aromatic carbocycles. The van der Waals surface area contributed by atoms with Crippen LogP contribution in [0.4, 0.5) is 4.79 Å². The molecule has 0 radical (unpaired) electrons. The highest BCUT2D eigenvalue weighted by molar-refractivity contribution is 5.69. The van der Waals surface area contributed by atoms with Crippen molar-refractivity contribution in [2.24, 2.45) is 0 Å². The summed E-state index contributed by atoms with van der Waals surface area (Å²) in [6.45, 7) is 7.46. The molecule has 0 unspecified atom stereocenters. The molecule has 1 atom stereocenters. The van der Waals surface area contributed by atoms with E-state index in [1.807, 2.05) is 0 Å². The number of aryl methyl sites for hydroxylation is 1. The number of carbonyl (C=O) groups is 1. The van der Waals surface area contributed by atoms with E-state index >= 15 is 0 Å². The van der Waals surface area contributed by atoms with Crippen LogP contribution in [-0.4, -0.2) is 55.2 Å². The minimum Gasteiger partial charge on any atom is -0.448 e. The summed E-state index contributed by atoms with van der Waals surface area (Å²) in [5.41, 5.74) is 2.87. The molecule has 1 aromatic rings. The van der Waals surface area contributed by atoms with Crippen LogP contribution in [0.3, 0.4) is 0 Å². The summed E-state index contributed by atoms with van der Waals surface area (Å²) >= 11 is 0. The van der Waals surface area contributed by atoms with Crippen molar-refractivity contribution in [2.75, 3.05) is 39.3 Å². The van der Waals surface area contributed by atoms with Gasteiger partial charge in [-0.3, -0.25) is 0 Å². The fourth-order valence-corrected chi connectivity index (χ4v) is 3.23. The number of benzene rings is 1. The van der Waals surface area contributed by atoms with Gasteiger partial charge >= 0.3 is 6.09 Å². The van der Waals surface area contributed by atoms with Crippen molar-refractivity contribution >= 4 is 6.09 Å². The molecular formula is C16H22N2O2. The molecule has 2 aliphatic rings. The van der Waals surface area contributed by atoms with Gasteiger partial charge < -0.3 is 14.5 Å². The van der Waals surface area contributed by atoms with Crippen molar-refractivity contribution < 1.29 is 9.53 Å². The first-order valence-corrected chi connectivity index (χ1v) is 7.43. The third-order valence-electron chi connectivity index (χ3n) is 4.43. The van der Waals surface area contributed by atoms with Crippen LogP contribution in [-0.2, 0) is 4.74 Å². The summed E-state index contributed by atoms with van der Waals surface area (Å²) in [7, 11) is 0. The van der Waals surface area contributed by atoms with Gasteiger partial charge in [0.05, 0.1) is 6.54 Å². The highest BCUT2D eigenvalue weighted by atomic mass is 16.6. The third-order valence-corrected chi connectivity index (χ3v) is 4.43. The van der Waals surface area contributed by atoms with E-state index < -0.39 is 0 Å². The van der Waals surface area contributed by atoms with Crippen LogP contribution in [0.5, 0.6) is 0 Å². The van der Waals surface area contributed by atoms with E-state index in [-0.39, 0.29) is 6.09 Å². The van der Waals surface area contributed by atoms with Gasteiger partial charge in [-0.1, -0.05) is 24.3 Å². The molecule has 2 saturated heterocycles. The Bertz CT molecular complexity index is 489. The lowest BCUT2D eigenvalue weighted by atomic mass is 9.94. The topological polar surface area (TPSA) is 32.8 Å². The second-order valence-corrected chi connectivity index (χ2v) is 5.74. The molecule has 2 heterocycles. The van der Waals surface area contributed by atoms with Crippen LogP contribution in [0.1, 0.15) is 23.5 Å². The van der Waals surface area contributed by atoms with Gasteiger partial charge in [0.1, 0.15) is 6.61 Å². The molecule has 0 aromatic heterocycles. The lowest BCUT2D eigenvalue weighted by molar-refractivity contribution is 0.155. The van der Waals surface area contributed by atoms with Crippen molar-refractivity contribution in [3.05, 3.63) is 35.4 Å². The number of nitrogens with zero attached hydrogens (tertiary/aromatic N) is 2. The second kappa shape index (κ2) is 5.83. The van der Waals surface area contributed by atoms with Crippen LogP contribution < -0.4 is 0 Å². The number of hydrogen-bond donors (Lipinski definition) is 0. The van der Waals surface area contributed by atoms with Crippen molar-refractivity contribution in [1.82, 2.24) is 9.80 Å². The van der Waals surface area contributed by atoms with Crippen molar-refractivity contribution in [2.45, 2.75) is 19.3 Å². The molecule has 2 fully saturated rings. The SMILES string of the molecule is Cc1ccccc1[C@H]1CCN(CCN2CCOC2=O)C1. The van der Waals surface area contributed by atoms with Crippen LogP contribution in [0.15, 0.2) is 24.3 Å². The Balaban J connectivity index is 1.52. The van der Waals surface area contributed by atoms with Crippen molar-refractivity contribution in [1.29, 1.82) is 0 Å². The molecular weight excluding hydrogens is 252 g/mol. The number of ether oxygens (including phenoxy) is 1. The van der Waals surface area contributed by atoms with Gasteiger partial charge in [-0.15, -0.1) is 0 Å². The zero-order chi connectivity index (χ0) is 13.9. The standard InChI is InChI=1S/C16H22N2O2/c1-13-4-2-3-5-15(13)14-6-7-17(12-14)8-9-18-10-11-20-16(18)19/h2-5,14H,6-12H2,1H3/t14-/m0/s1. The highest BCUT2D eigenvalue weighted by Gasteiger charge is 2.27. The molecule has 0 spiro atoms. The van der Waals surface area contributed by atoms with Gasteiger partial charge in [0.15, 0.2) is 0 Å². The fraction of sp³-hybridized carbons (Fsp3) is 0.562. The molecule has 2 aliphatic heterocycles. The lowest BCUT2D eigenvalue weighted by Gasteiger charge is -2.20. The number of rotatable bonds is 4. The van der Waals surface area contributed by atoms with Gasteiger partial charge in [0.25, 0.3) is 0 Å². The Morgan fingerprint density at radius 3 is 2.85 bits per heavy atom. The maximum atomic E-state index is 11.4. The predicted octanol–water partition coefficient (Wildman–Crippen LogP) is 2.24. The first-order valence-electron chi connectivity index (χ1n) is 7.43. The molecule has 0 aliphatic carbocycles. The third kappa shape index (κ3) is 2.80. The van der Waals surface area contributed by atoms with E-state index in [2.05, 4.69) is 36.1 Å². The predicted molar refractivity (Wildman–Crippen MR) is 77.9 cm³/mol. The first-order chi connectivity index (χ1) is 9.74. The van der Waals surface area contributed by atoms with E-state index in [0.717, 1.165) is 32.7 Å². The average molecular weight is 274 g/mol. The Labute approximate surface area is 120 Å². The summed E-state index contributed by atoms with van der Waals surface area (Å²) < 4.78 is 4.96. The van der Waals surface area contributed by atoms with E-state index in [0.29, 0.717) is 12.5 Å². The van der Waals surface area contributed by atoms with Gasteiger partial charge in [0.2, 0.25) is 0 Å². The summed E-state index contributed by atoms with van der Waals surface area (Å²) in [5, 5.41) is 0. The Morgan fingerprint density at radius 1 is 1.25 bits per heavy atom. The Kier molecular flexibility index (Phi) is 3.92. The van der Waals surface area contributed by atoms with Gasteiger partial charge in [-0.25, -0.2) is 4.79 Å². The molecule has 0 bridgehead atoms. The van der Waals surface area contributed by atoms with Crippen LogP contribution in [0.25, 0.3) is 0 Å². The smallest absolute Gasteiger partial charge is 0.409 e. The molecule has 4 heteroatoms. The maximum Gasteiger partial charge on any atom is 0.409 e. The normalized spacial score (nSPS) is 23.4. The molecule has 4 nitrogen and oxygen atoms in total. The summed E-state index contributed by atoms with van der Waals surface area (Å²) in [5.74, 6) is 0.640. The van der Waals surface area contributed by atoms with Crippen LogP contribution >= 0.6 is 0 Å². The molecule has 1 amide bonds. The number of carbonyl (C=O) groups excluding carboxylic acids is 1. The zero-order valence-electron chi connectivity index (χ0n) is 12.0. The van der Waals surface area contributed by atoms with Crippen LogP contribution in [0.2, 0.25) is 0 Å². The quantitative estimate of drug-likeness (QED) is 0.844. The van der Waals surface area contributed by atoms with E-state index in [4.69, 9.17) is 4.74 Å². The largest absolute Gasteiger partial charge is 0.448 e. The van der Waals surface area contributed by atoms with Crippen molar-refractivity contribution in [3.8, 4) is 0 Å². The van der Waals surface area contributed by atoms with E-state index in [9.17, 15) is 4.79 Å². The molecule has 0 N–H and O–H groups in total. The van der Waals surface area contributed by atoms with E-state index in [1.54, 1.807) is 4.90 Å². The second-order valence-electron chi connectivity index (χ2n) is 5.74. The van der Waals surface area contributed by atoms with Gasteiger partial charge in [-0.2, -0.15) is 0 Å². The fourth-order valence-electron chi connectivity index (χ4n) is 3.23. The molecule has 3 rings (SSSR count). The number of amides is 1. The monoisotopic (exact) mass is 274 g/mol. The van der Waals surface area contributed by atoms with Crippen molar-refractivity contribution in [3.63, 3.8) is 0 Å². The highest BCUT2D eigenvalue weighted by Crippen LogP contribution is 2.29. The Hall–Kier alpha value is -1.55. The number of likely N-dealkylation sites (tertiary alicyclic amines) is 1. The zero-order valence-corrected chi connectivity index (χ0v) is 12.0. The van der Waals surface area contributed by atoms with Crippen LogP contribution in [0, 0.1) is 6.92 Å². The molecule has 20 heavy (non-hydrogen) atoms. The summed E-state index contributed by atoms with van der Waals surface area (Å²) in [6, 6.07) is 8.68. The summed E-state index contributed by atoms with van der Waals surface area (Å²) in [6.07, 6.45) is 1.06. The summed E-state index contributed by atoms with van der Waals surface area (Å²) in [4.78, 5) is 15.7. The number of cyclic esters (lactones) is 1. The minimum absolute atomic E-state index is 0.153. The molecule has 108 valence electrons. The van der Waals surface area contributed by atoms with E-state index in [1.165, 1.54) is 17.5 Å². The first kappa shape index (κ1) is 13.4. The Morgan fingerprint density at radius 2 is 2.10 bits per heavy atom. The lowest BCUT2D eigenvalue weighted by Crippen LogP contribution is -2.34. The number of hydrogen-bond acceptors (Lipinski definition) is 3. The van der Waals surface area contributed by atoms with Gasteiger partial charge in [-0.05, 0) is 36.9 Å². The average Bonchev–Trinajstić information content (AvgIpc) is 3.06. The maximum absolute atomic E-state index is 11.4.